The van der Waals surface area contributed by atoms with Crippen LogP contribution in [-0.2, 0) is 6.42 Å². The number of nitrogens with two attached hydrogens (primary N) is 1. The molecule has 1 aromatic carbocycles. The third kappa shape index (κ3) is 4.62. The molecule has 1 unspecified atom stereocenters. The fourth-order valence-electron chi connectivity index (χ4n) is 3.20. The first-order valence-corrected chi connectivity index (χ1v) is 8.76. The molecule has 1 aliphatic carbocycles. The molecule has 1 aliphatic rings. The van der Waals surface area contributed by atoms with E-state index in [0.29, 0.717) is 6.04 Å². The molecule has 0 aliphatic heterocycles. The molecule has 0 spiro atoms. The van der Waals surface area contributed by atoms with E-state index in [9.17, 15) is 0 Å². The summed E-state index contributed by atoms with van der Waals surface area (Å²) in [5, 5.41) is 0.858. The normalized spacial score (nSPS) is 18.3. The Morgan fingerprint density at radius 1 is 1.24 bits per heavy atom. The summed E-state index contributed by atoms with van der Waals surface area (Å²) in [6.45, 7) is 2.12. The van der Waals surface area contributed by atoms with Crippen LogP contribution >= 0.6 is 11.6 Å². The highest BCUT2D eigenvalue weighted by Crippen LogP contribution is 2.29. The maximum absolute atomic E-state index is 6.46. The summed E-state index contributed by atoms with van der Waals surface area (Å²) in [6, 6.07) is 7.33. The van der Waals surface area contributed by atoms with Gasteiger partial charge in [0.05, 0.1) is 0 Å². The van der Waals surface area contributed by atoms with Crippen LogP contribution in [0.2, 0.25) is 5.02 Å². The summed E-state index contributed by atoms with van der Waals surface area (Å²) < 4.78 is 0. The van der Waals surface area contributed by atoms with Crippen molar-refractivity contribution in [3.63, 3.8) is 0 Å². The Labute approximate surface area is 134 Å². The van der Waals surface area contributed by atoms with Gasteiger partial charge in [0.25, 0.3) is 0 Å². The van der Waals surface area contributed by atoms with Crippen molar-refractivity contribution in [1.82, 2.24) is 0 Å². The monoisotopic (exact) mass is 308 g/mol. The first-order valence-electron chi connectivity index (χ1n) is 8.38. The number of anilines is 1. The molecule has 0 heterocycles. The molecular weight excluding hydrogens is 280 g/mol. The molecule has 2 rings (SSSR count). The second-order valence-corrected chi connectivity index (χ2v) is 6.81. The van der Waals surface area contributed by atoms with Crippen molar-refractivity contribution in [2.45, 2.75) is 70.4 Å². The number of benzene rings is 1. The number of halogens is 1. The van der Waals surface area contributed by atoms with Gasteiger partial charge in [-0.25, -0.2) is 0 Å². The van der Waals surface area contributed by atoms with Gasteiger partial charge in [-0.1, -0.05) is 50.3 Å². The molecular formula is C18H29ClN2. The molecule has 2 nitrogen and oxygen atoms in total. The molecule has 3 heteroatoms. The highest BCUT2D eigenvalue weighted by molar-refractivity contribution is 6.31. The van der Waals surface area contributed by atoms with Gasteiger partial charge in [-0.2, -0.15) is 0 Å². The minimum atomic E-state index is 0.202. The molecule has 118 valence electrons. The summed E-state index contributed by atoms with van der Waals surface area (Å²) in [5.74, 6) is 0. The van der Waals surface area contributed by atoms with Crippen LogP contribution in [0.4, 0.5) is 5.69 Å². The first kappa shape index (κ1) is 16.6. The molecule has 1 fully saturated rings. The third-order valence-corrected chi connectivity index (χ3v) is 5.17. The van der Waals surface area contributed by atoms with Gasteiger partial charge in [0.2, 0.25) is 0 Å². The van der Waals surface area contributed by atoms with Crippen molar-refractivity contribution in [1.29, 1.82) is 0 Å². The van der Waals surface area contributed by atoms with Crippen molar-refractivity contribution in [3.8, 4) is 0 Å². The van der Waals surface area contributed by atoms with E-state index in [1.165, 1.54) is 49.8 Å². The van der Waals surface area contributed by atoms with Crippen LogP contribution in [0, 0.1) is 0 Å². The second kappa shape index (κ2) is 8.05. The molecule has 0 saturated heterocycles. The largest absolute Gasteiger partial charge is 0.372 e. The Balaban J connectivity index is 2.07. The summed E-state index contributed by atoms with van der Waals surface area (Å²) in [4.78, 5) is 2.42. The van der Waals surface area contributed by atoms with Crippen molar-refractivity contribution < 1.29 is 0 Å². The predicted molar refractivity (Wildman–Crippen MR) is 93.3 cm³/mol. The molecule has 2 N–H and O–H groups in total. The van der Waals surface area contributed by atoms with E-state index in [-0.39, 0.29) is 6.04 Å². The van der Waals surface area contributed by atoms with Gasteiger partial charge in [0.15, 0.2) is 0 Å². The van der Waals surface area contributed by atoms with Gasteiger partial charge >= 0.3 is 0 Å². The quantitative estimate of drug-likeness (QED) is 0.793. The SMILES string of the molecule is CCC(N)Cc1ccc(N(C)C2CCCCCC2)cc1Cl. The lowest BCUT2D eigenvalue weighted by molar-refractivity contribution is 0.553. The highest BCUT2D eigenvalue weighted by atomic mass is 35.5. The van der Waals surface area contributed by atoms with Crippen LogP contribution in [-0.4, -0.2) is 19.1 Å². The van der Waals surface area contributed by atoms with Crippen molar-refractivity contribution >= 4 is 17.3 Å². The minimum absolute atomic E-state index is 0.202. The van der Waals surface area contributed by atoms with Crippen LogP contribution in [0.1, 0.15) is 57.4 Å². The average molecular weight is 309 g/mol. The van der Waals surface area contributed by atoms with E-state index >= 15 is 0 Å². The maximum atomic E-state index is 6.46. The third-order valence-electron chi connectivity index (χ3n) is 4.82. The van der Waals surface area contributed by atoms with Crippen molar-refractivity contribution in [2.75, 3.05) is 11.9 Å². The zero-order valence-electron chi connectivity index (χ0n) is 13.4. The number of rotatable bonds is 5. The van der Waals surface area contributed by atoms with Gasteiger partial charge in [-0.15, -0.1) is 0 Å². The van der Waals surface area contributed by atoms with Crippen LogP contribution in [0.5, 0.6) is 0 Å². The van der Waals surface area contributed by atoms with Gasteiger partial charge < -0.3 is 10.6 Å². The fraction of sp³-hybridized carbons (Fsp3) is 0.667. The molecule has 0 bridgehead atoms. The maximum Gasteiger partial charge on any atom is 0.0459 e. The molecule has 21 heavy (non-hydrogen) atoms. The summed E-state index contributed by atoms with van der Waals surface area (Å²) in [5.41, 5.74) is 8.44. The molecule has 0 amide bonds. The Bertz CT molecular complexity index is 439. The van der Waals surface area contributed by atoms with Crippen LogP contribution in [0.15, 0.2) is 18.2 Å². The van der Waals surface area contributed by atoms with Crippen molar-refractivity contribution in [2.24, 2.45) is 5.73 Å². The van der Waals surface area contributed by atoms with Gasteiger partial charge in [0.1, 0.15) is 0 Å². The van der Waals surface area contributed by atoms with E-state index < -0.39 is 0 Å². The summed E-state index contributed by atoms with van der Waals surface area (Å²) in [7, 11) is 2.21. The van der Waals surface area contributed by atoms with Crippen molar-refractivity contribution in [3.05, 3.63) is 28.8 Å². The van der Waals surface area contributed by atoms with Crippen LogP contribution in [0.25, 0.3) is 0 Å². The molecule has 1 aromatic rings. The number of nitrogens with zero attached hydrogens (tertiary/aromatic N) is 1. The lowest BCUT2D eigenvalue weighted by Gasteiger charge is -2.29. The van der Waals surface area contributed by atoms with E-state index in [4.69, 9.17) is 17.3 Å². The Kier molecular flexibility index (Phi) is 6.38. The molecule has 0 aromatic heterocycles. The highest BCUT2D eigenvalue weighted by Gasteiger charge is 2.18. The number of hydrogen-bond acceptors (Lipinski definition) is 2. The Morgan fingerprint density at radius 2 is 1.90 bits per heavy atom. The van der Waals surface area contributed by atoms with Gasteiger partial charge in [-0.3, -0.25) is 0 Å². The zero-order chi connectivity index (χ0) is 15.2. The van der Waals surface area contributed by atoms with Gasteiger partial charge in [-0.05, 0) is 43.4 Å². The Hall–Kier alpha value is -0.730. The fourth-order valence-corrected chi connectivity index (χ4v) is 3.46. The standard InChI is InChI=1S/C18H29ClN2/c1-3-15(20)12-14-10-11-17(13-18(14)19)21(2)16-8-6-4-5-7-9-16/h10-11,13,15-16H,3-9,12,20H2,1-2H3. The lowest BCUT2D eigenvalue weighted by atomic mass is 10.0. The molecule has 1 saturated carbocycles. The topological polar surface area (TPSA) is 29.3 Å². The zero-order valence-corrected chi connectivity index (χ0v) is 14.2. The summed E-state index contributed by atoms with van der Waals surface area (Å²) >= 11 is 6.46. The van der Waals surface area contributed by atoms with Crippen LogP contribution < -0.4 is 10.6 Å². The summed E-state index contributed by atoms with van der Waals surface area (Å²) in [6.07, 6.45) is 9.94. The number of hydrogen-bond donors (Lipinski definition) is 1. The van der Waals surface area contributed by atoms with E-state index in [1.807, 2.05) is 0 Å². The Morgan fingerprint density at radius 3 is 2.48 bits per heavy atom. The molecule has 0 radical (unpaired) electrons. The lowest BCUT2D eigenvalue weighted by Crippen LogP contribution is -2.31. The van der Waals surface area contributed by atoms with Crippen LogP contribution in [0.3, 0.4) is 0 Å². The predicted octanol–water partition coefficient (Wildman–Crippen LogP) is 4.78. The second-order valence-electron chi connectivity index (χ2n) is 6.40. The average Bonchev–Trinajstić information content (AvgIpc) is 2.77. The van der Waals surface area contributed by atoms with E-state index in [2.05, 4.69) is 37.1 Å². The minimum Gasteiger partial charge on any atom is -0.372 e. The van der Waals surface area contributed by atoms with E-state index in [1.54, 1.807) is 0 Å². The smallest absolute Gasteiger partial charge is 0.0459 e. The first-order chi connectivity index (χ1) is 10.1. The molecule has 1 atom stereocenters. The van der Waals surface area contributed by atoms with E-state index in [0.717, 1.165) is 17.9 Å². The van der Waals surface area contributed by atoms with Gasteiger partial charge in [0, 0.05) is 29.8 Å².